The van der Waals surface area contributed by atoms with Gasteiger partial charge in [-0.05, 0) is 37.5 Å². The number of hydrogen-bond acceptors (Lipinski definition) is 3. The van der Waals surface area contributed by atoms with Crippen LogP contribution in [0.15, 0.2) is 48.5 Å². The molecule has 1 atom stereocenters. The molecule has 156 valence electrons. The summed E-state index contributed by atoms with van der Waals surface area (Å²) in [7, 11) is 0. The van der Waals surface area contributed by atoms with Gasteiger partial charge in [-0.25, -0.2) is 4.39 Å². The maximum Gasteiger partial charge on any atom is 0.242 e. The summed E-state index contributed by atoms with van der Waals surface area (Å²) in [6.07, 6.45) is 0.836. The van der Waals surface area contributed by atoms with Crippen molar-refractivity contribution in [2.75, 3.05) is 12.3 Å². The number of aryl methyl sites for hydroxylation is 1. The molecule has 0 bridgehead atoms. The lowest BCUT2D eigenvalue weighted by Gasteiger charge is -2.28. The molecule has 0 aromatic heterocycles. The maximum absolute atomic E-state index is 13.8. The zero-order valence-electron chi connectivity index (χ0n) is 17.3. The van der Waals surface area contributed by atoms with E-state index < -0.39 is 6.04 Å². The van der Waals surface area contributed by atoms with Crippen LogP contribution >= 0.6 is 11.8 Å². The topological polar surface area (TPSA) is 49.4 Å². The predicted molar refractivity (Wildman–Crippen MR) is 117 cm³/mol. The first kappa shape index (κ1) is 22.9. The summed E-state index contributed by atoms with van der Waals surface area (Å²) in [4.78, 5) is 27.0. The van der Waals surface area contributed by atoms with Crippen molar-refractivity contribution in [1.29, 1.82) is 0 Å². The molecule has 2 aromatic rings. The Hall–Kier alpha value is -2.34. The van der Waals surface area contributed by atoms with Crippen LogP contribution in [0.4, 0.5) is 4.39 Å². The second-order valence-electron chi connectivity index (χ2n) is 7.06. The smallest absolute Gasteiger partial charge is 0.242 e. The number of benzene rings is 2. The van der Waals surface area contributed by atoms with Crippen molar-refractivity contribution in [2.24, 2.45) is 0 Å². The molecule has 0 heterocycles. The summed E-state index contributed by atoms with van der Waals surface area (Å²) in [6, 6.07) is 13.9. The van der Waals surface area contributed by atoms with E-state index in [2.05, 4.69) is 5.32 Å². The largest absolute Gasteiger partial charge is 0.354 e. The Morgan fingerprint density at radius 1 is 1.14 bits per heavy atom. The molecule has 0 aliphatic heterocycles. The summed E-state index contributed by atoms with van der Waals surface area (Å²) >= 11 is 1.35. The summed E-state index contributed by atoms with van der Waals surface area (Å²) in [6.45, 7) is 6.68. The first-order valence-electron chi connectivity index (χ1n) is 9.86. The second kappa shape index (κ2) is 11.6. The fourth-order valence-corrected chi connectivity index (χ4v) is 3.71. The lowest BCUT2D eigenvalue weighted by atomic mass is 10.1. The number of carbonyl (C=O) groups is 2. The van der Waals surface area contributed by atoms with Gasteiger partial charge in [-0.1, -0.05) is 55.0 Å². The van der Waals surface area contributed by atoms with E-state index in [1.807, 2.05) is 38.1 Å². The Morgan fingerprint density at radius 3 is 2.48 bits per heavy atom. The molecular formula is C23H29FN2O2S. The average Bonchev–Trinajstić information content (AvgIpc) is 2.72. The molecule has 0 saturated carbocycles. The highest BCUT2D eigenvalue weighted by Crippen LogP contribution is 2.18. The molecule has 29 heavy (non-hydrogen) atoms. The van der Waals surface area contributed by atoms with E-state index in [9.17, 15) is 14.0 Å². The van der Waals surface area contributed by atoms with Crippen molar-refractivity contribution in [3.8, 4) is 0 Å². The minimum absolute atomic E-state index is 0.133. The average molecular weight is 417 g/mol. The normalized spacial score (nSPS) is 11.7. The minimum atomic E-state index is -0.579. The van der Waals surface area contributed by atoms with Crippen LogP contribution in [0.5, 0.6) is 0 Å². The summed E-state index contributed by atoms with van der Waals surface area (Å²) in [5, 5.41) is 2.86. The highest BCUT2D eigenvalue weighted by atomic mass is 32.2. The molecule has 0 aliphatic rings. The number of hydrogen-bond donors (Lipinski definition) is 1. The van der Waals surface area contributed by atoms with Gasteiger partial charge in [0.05, 0.1) is 5.75 Å². The fourth-order valence-electron chi connectivity index (χ4n) is 2.82. The Bertz CT molecular complexity index is 811. The van der Waals surface area contributed by atoms with Crippen LogP contribution in [-0.2, 0) is 21.9 Å². The highest BCUT2D eigenvalue weighted by Gasteiger charge is 2.25. The van der Waals surface area contributed by atoms with Crippen molar-refractivity contribution in [3.05, 3.63) is 71.0 Å². The summed E-state index contributed by atoms with van der Waals surface area (Å²) in [5.74, 6) is 0.0347. The zero-order valence-corrected chi connectivity index (χ0v) is 18.1. The van der Waals surface area contributed by atoms with E-state index in [-0.39, 0.29) is 23.4 Å². The Labute approximate surface area is 176 Å². The minimum Gasteiger partial charge on any atom is -0.354 e. The van der Waals surface area contributed by atoms with Crippen LogP contribution < -0.4 is 5.32 Å². The van der Waals surface area contributed by atoms with Gasteiger partial charge in [-0.2, -0.15) is 0 Å². The Kier molecular flexibility index (Phi) is 9.19. The Morgan fingerprint density at radius 2 is 1.83 bits per heavy atom. The van der Waals surface area contributed by atoms with Crippen molar-refractivity contribution in [1.82, 2.24) is 10.2 Å². The SMILES string of the molecule is CCCNC(=O)C(C)N(Cc1ccc(C)cc1)C(=O)CSCc1ccccc1F. The number of nitrogens with one attached hydrogen (secondary N) is 1. The van der Waals surface area contributed by atoms with Crippen LogP contribution in [0.2, 0.25) is 0 Å². The van der Waals surface area contributed by atoms with Gasteiger partial charge in [0.1, 0.15) is 11.9 Å². The molecule has 6 heteroatoms. The molecule has 2 rings (SSSR count). The quantitative estimate of drug-likeness (QED) is 0.628. The van der Waals surface area contributed by atoms with E-state index >= 15 is 0 Å². The van der Waals surface area contributed by atoms with E-state index in [1.54, 1.807) is 30.0 Å². The van der Waals surface area contributed by atoms with Crippen LogP contribution in [0.25, 0.3) is 0 Å². The number of rotatable bonds is 10. The van der Waals surface area contributed by atoms with Gasteiger partial charge >= 0.3 is 0 Å². The second-order valence-corrected chi connectivity index (χ2v) is 8.04. The van der Waals surface area contributed by atoms with Gasteiger partial charge in [-0.3, -0.25) is 9.59 Å². The molecule has 0 spiro atoms. The summed E-state index contributed by atoms with van der Waals surface area (Å²) < 4.78 is 13.8. The van der Waals surface area contributed by atoms with E-state index in [4.69, 9.17) is 0 Å². The molecular weight excluding hydrogens is 387 g/mol. The number of carbonyl (C=O) groups excluding carboxylic acids is 2. The number of thioether (sulfide) groups is 1. The van der Waals surface area contributed by atoms with Gasteiger partial charge in [0.15, 0.2) is 0 Å². The lowest BCUT2D eigenvalue weighted by molar-refractivity contribution is -0.138. The number of amides is 2. The van der Waals surface area contributed by atoms with Crippen LogP contribution in [-0.4, -0.2) is 35.1 Å². The highest BCUT2D eigenvalue weighted by molar-refractivity contribution is 7.99. The van der Waals surface area contributed by atoms with E-state index in [1.165, 1.54) is 17.8 Å². The monoisotopic (exact) mass is 416 g/mol. The van der Waals surface area contributed by atoms with Gasteiger partial charge < -0.3 is 10.2 Å². The third kappa shape index (κ3) is 7.20. The van der Waals surface area contributed by atoms with Crippen LogP contribution in [0.1, 0.15) is 37.0 Å². The molecule has 0 fully saturated rings. The van der Waals surface area contributed by atoms with Crippen LogP contribution in [0.3, 0.4) is 0 Å². The van der Waals surface area contributed by atoms with Gasteiger partial charge in [-0.15, -0.1) is 11.8 Å². The van der Waals surface area contributed by atoms with Crippen molar-refractivity contribution in [2.45, 2.75) is 45.5 Å². The predicted octanol–water partition coefficient (Wildman–Crippen LogP) is 4.31. The third-order valence-corrected chi connectivity index (χ3v) is 5.60. The van der Waals surface area contributed by atoms with E-state index in [0.29, 0.717) is 24.4 Å². The number of nitrogens with zero attached hydrogens (tertiary/aromatic N) is 1. The molecule has 0 aliphatic carbocycles. The molecule has 4 nitrogen and oxygen atoms in total. The molecule has 1 N–H and O–H groups in total. The zero-order chi connectivity index (χ0) is 21.2. The first-order valence-corrected chi connectivity index (χ1v) is 11.0. The molecule has 2 amide bonds. The van der Waals surface area contributed by atoms with Crippen molar-refractivity contribution in [3.63, 3.8) is 0 Å². The van der Waals surface area contributed by atoms with Crippen LogP contribution in [0, 0.1) is 12.7 Å². The standard InChI is InChI=1S/C23H29FN2O2S/c1-4-13-25-23(28)18(3)26(14-19-11-9-17(2)10-12-19)22(27)16-29-15-20-7-5-6-8-21(20)24/h5-12,18H,4,13-16H2,1-3H3,(H,25,28). The Balaban J connectivity index is 2.05. The molecule has 2 aromatic carbocycles. The van der Waals surface area contributed by atoms with Crippen molar-refractivity contribution >= 4 is 23.6 Å². The van der Waals surface area contributed by atoms with Gasteiger partial charge in [0.25, 0.3) is 0 Å². The van der Waals surface area contributed by atoms with E-state index in [0.717, 1.165) is 17.5 Å². The fraction of sp³-hybridized carbons (Fsp3) is 0.391. The van der Waals surface area contributed by atoms with Gasteiger partial charge in [0, 0.05) is 18.8 Å². The molecule has 0 saturated heterocycles. The van der Waals surface area contributed by atoms with Gasteiger partial charge in [0.2, 0.25) is 11.8 Å². The molecule has 1 unspecified atom stereocenters. The van der Waals surface area contributed by atoms with Crippen molar-refractivity contribution < 1.29 is 14.0 Å². The maximum atomic E-state index is 13.8. The number of halogens is 1. The third-order valence-electron chi connectivity index (χ3n) is 4.63. The lowest BCUT2D eigenvalue weighted by Crippen LogP contribution is -2.48. The summed E-state index contributed by atoms with van der Waals surface area (Å²) in [5.41, 5.74) is 2.68. The molecule has 0 radical (unpaired) electrons. The first-order chi connectivity index (χ1) is 13.9.